The summed E-state index contributed by atoms with van der Waals surface area (Å²) in [6.07, 6.45) is 2.05. The summed E-state index contributed by atoms with van der Waals surface area (Å²) >= 11 is 0. The number of non-ortho nitro benzene ring substituents is 1. The summed E-state index contributed by atoms with van der Waals surface area (Å²) in [6, 6.07) is 5.04. The van der Waals surface area contributed by atoms with E-state index in [9.17, 15) is 10.1 Å². The van der Waals surface area contributed by atoms with Gasteiger partial charge >= 0.3 is 0 Å². The third-order valence-electron chi connectivity index (χ3n) is 2.77. The molecule has 0 aliphatic carbocycles. The third-order valence-corrected chi connectivity index (χ3v) is 2.77. The van der Waals surface area contributed by atoms with E-state index in [1.54, 1.807) is 12.1 Å². The molecule has 0 heterocycles. The molecule has 0 fully saturated rings. The highest BCUT2D eigenvalue weighted by molar-refractivity contribution is 5.55. The van der Waals surface area contributed by atoms with Crippen LogP contribution >= 0.6 is 0 Å². The van der Waals surface area contributed by atoms with Gasteiger partial charge in [0.1, 0.15) is 0 Å². The molecule has 1 aromatic carbocycles. The maximum atomic E-state index is 10.8. The number of hydrogen-bond donors (Lipinski definition) is 1. The first-order valence-electron chi connectivity index (χ1n) is 6.20. The molecule has 0 saturated carbocycles. The fraction of sp³-hybridized carbons (Fsp3) is 0.538. The molecule has 1 rings (SSSR count). The molecule has 0 atom stereocenters. The molecular weight excluding hydrogens is 232 g/mol. The Morgan fingerprint density at radius 3 is 2.61 bits per heavy atom. The van der Waals surface area contributed by atoms with Gasteiger partial charge in [0.25, 0.3) is 5.69 Å². The number of rotatable bonds is 7. The Balaban J connectivity index is 2.98. The average Bonchev–Trinajstić information content (AvgIpc) is 2.33. The lowest BCUT2D eigenvalue weighted by Gasteiger charge is -2.24. The minimum absolute atomic E-state index is 0.0471. The second-order valence-electron chi connectivity index (χ2n) is 4.35. The lowest BCUT2D eigenvalue weighted by Crippen LogP contribution is -2.27. The highest BCUT2D eigenvalue weighted by Crippen LogP contribution is 2.24. The summed E-state index contributed by atoms with van der Waals surface area (Å²) in [4.78, 5) is 12.4. The van der Waals surface area contributed by atoms with Crippen LogP contribution in [0.25, 0.3) is 0 Å². The number of nitro benzene ring substituents is 1. The van der Waals surface area contributed by atoms with Gasteiger partial charge in [0.2, 0.25) is 0 Å². The maximum absolute atomic E-state index is 10.8. The number of nitro groups is 1. The monoisotopic (exact) mass is 252 g/mol. The normalized spacial score (nSPS) is 10.4. The van der Waals surface area contributed by atoms with Gasteiger partial charge in [0.05, 0.1) is 11.5 Å². The highest BCUT2D eigenvalue weighted by Gasteiger charge is 2.12. The van der Waals surface area contributed by atoms with Gasteiger partial charge in [-0.1, -0.05) is 13.3 Å². The summed E-state index contributed by atoms with van der Waals surface area (Å²) < 4.78 is 0. The van der Waals surface area contributed by atoms with Crippen molar-refractivity contribution >= 4 is 11.4 Å². The molecule has 0 amide bonds. The van der Waals surface area contributed by atoms with Crippen molar-refractivity contribution in [3.63, 3.8) is 0 Å². The lowest BCUT2D eigenvalue weighted by atomic mass is 10.1. The fourth-order valence-corrected chi connectivity index (χ4v) is 1.87. The molecule has 0 radical (unpaired) electrons. The third kappa shape index (κ3) is 4.00. The van der Waals surface area contributed by atoms with Gasteiger partial charge in [-0.05, 0) is 25.0 Å². The Morgan fingerprint density at radius 1 is 1.33 bits per heavy atom. The van der Waals surface area contributed by atoms with Crippen molar-refractivity contribution in [3.05, 3.63) is 33.9 Å². The molecule has 0 aliphatic rings. The van der Waals surface area contributed by atoms with Crippen molar-refractivity contribution in [2.24, 2.45) is 0 Å². The van der Waals surface area contributed by atoms with Gasteiger partial charge in [-0.25, -0.2) is 0 Å². The van der Waals surface area contributed by atoms with E-state index in [2.05, 4.69) is 6.92 Å². The molecule has 1 aromatic rings. The van der Waals surface area contributed by atoms with Gasteiger partial charge in [0.15, 0.2) is 0 Å². The van der Waals surface area contributed by atoms with Gasteiger partial charge in [-0.15, -0.1) is 0 Å². The largest absolute Gasteiger partial charge is 0.395 e. The molecule has 0 aromatic heterocycles. The molecule has 1 N–H and O–H groups in total. The van der Waals surface area contributed by atoms with Crippen molar-refractivity contribution in [2.75, 3.05) is 24.6 Å². The minimum Gasteiger partial charge on any atom is -0.395 e. The van der Waals surface area contributed by atoms with Crippen molar-refractivity contribution < 1.29 is 10.0 Å². The number of aryl methyl sites for hydroxylation is 1. The SMILES string of the molecule is CCCCN(CCO)c1cc(C)cc([N+](=O)[O-])c1. The van der Waals surface area contributed by atoms with Crippen LogP contribution < -0.4 is 4.90 Å². The van der Waals surface area contributed by atoms with Crippen LogP contribution in [0.15, 0.2) is 18.2 Å². The zero-order valence-electron chi connectivity index (χ0n) is 10.9. The van der Waals surface area contributed by atoms with E-state index < -0.39 is 0 Å². The molecule has 0 saturated heterocycles. The summed E-state index contributed by atoms with van der Waals surface area (Å²) in [7, 11) is 0. The first-order valence-corrected chi connectivity index (χ1v) is 6.20. The zero-order chi connectivity index (χ0) is 13.5. The summed E-state index contributed by atoms with van der Waals surface area (Å²) in [5.41, 5.74) is 1.77. The number of aliphatic hydroxyl groups excluding tert-OH is 1. The number of aliphatic hydroxyl groups is 1. The fourth-order valence-electron chi connectivity index (χ4n) is 1.87. The summed E-state index contributed by atoms with van der Waals surface area (Å²) in [5, 5.41) is 19.9. The van der Waals surface area contributed by atoms with E-state index in [4.69, 9.17) is 5.11 Å². The average molecular weight is 252 g/mol. The van der Waals surface area contributed by atoms with Crippen LogP contribution in [0.5, 0.6) is 0 Å². The second kappa shape index (κ2) is 6.96. The van der Waals surface area contributed by atoms with E-state index in [-0.39, 0.29) is 17.2 Å². The summed E-state index contributed by atoms with van der Waals surface area (Å²) in [5.74, 6) is 0. The van der Waals surface area contributed by atoms with Crippen molar-refractivity contribution in [1.29, 1.82) is 0 Å². The number of unbranched alkanes of at least 4 members (excludes halogenated alkanes) is 1. The Morgan fingerprint density at radius 2 is 2.06 bits per heavy atom. The number of nitrogens with zero attached hydrogens (tertiary/aromatic N) is 2. The van der Waals surface area contributed by atoms with Crippen LogP contribution in [-0.4, -0.2) is 29.7 Å². The Hall–Kier alpha value is -1.62. The molecule has 0 unspecified atom stereocenters. The topological polar surface area (TPSA) is 66.6 Å². The first kappa shape index (κ1) is 14.4. The lowest BCUT2D eigenvalue weighted by molar-refractivity contribution is -0.384. The van der Waals surface area contributed by atoms with Crippen LogP contribution in [0.2, 0.25) is 0 Å². The van der Waals surface area contributed by atoms with E-state index in [1.807, 2.05) is 17.9 Å². The molecule has 18 heavy (non-hydrogen) atoms. The van der Waals surface area contributed by atoms with E-state index >= 15 is 0 Å². The molecule has 0 aliphatic heterocycles. The van der Waals surface area contributed by atoms with E-state index in [1.165, 1.54) is 0 Å². The van der Waals surface area contributed by atoms with Crippen molar-refractivity contribution in [3.8, 4) is 0 Å². The zero-order valence-corrected chi connectivity index (χ0v) is 10.9. The molecule has 5 nitrogen and oxygen atoms in total. The number of anilines is 1. The quantitative estimate of drug-likeness (QED) is 0.598. The predicted octanol–water partition coefficient (Wildman–Crippen LogP) is 2.50. The molecule has 0 spiro atoms. The van der Waals surface area contributed by atoms with Crippen LogP contribution in [0.4, 0.5) is 11.4 Å². The van der Waals surface area contributed by atoms with E-state index in [0.717, 1.165) is 30.6 Å². The second-order valence-corrected chi connectivity index (χ2v) is 4.35. The van der Waals surface area contributed by atoms with Gasteiger partial charge in [-0.2, -0.15) is 0 Å². The van der Waals surface area contributed by atoms with Gasteiger partial charge in [0, 0.05) is 30.9 Å². The predicted molar refractivity (Wildman–Crippen MR) is 72.0 cm³/mol. The smallest absolute Gasteiger partial charge is 0.271 e. The van der Waals surface area contributed by atoms with E-state index in [0.29, 0.717) is 6.54 Å². The molecule has 5 heteroatoms. The van der Waals surface area contributed by atoms with Crippen molar-refractivity contribution in [1.82, 2.24) is 0 Å². The summed E-state index contributed by atoms with van der Waals surface area (Å²) in [6.45, 7) is 5.28. The van der Waals surface area contributed by atoms with Gasteiger partial charge < -0.3 is 10.0 Å². The molecule has 0 bridgehead atoms. The minimum atomic E-state index is -0.382. The highest BCUT2D eigenvalue weighted by atomic mass is 16.6. The Labute approximate surface area is 107 Å². The molecule has 100 valence electrons. The Bertz CT molecular complexity index is 407. The van der Waals surface area contributed by atoms with Crippen LogP contribution in [-0.2, 0) is 0 Å². The number of hydrogen-bond acceptors (Lipinski definition) is 4. The molecular formula is C13H20N2O3. The van der Waals surface area contributed by atoms with Crippen LogP contribution in [0, 0.1) is 17.0 Å². The standard InChI is InChI=1S/C13H20N2O3/c1-3-4-5-14(6-7-16)12-8-11(2)9-13(10-12)15(17)18/h8-10,16H,3-7H2,1-2H3. The van der Waals surface area contributed by atoms with Gasteiger partial charge in [-0.3, -0.25) is 10.1 Å². The van der Waals surface area contributed by atoms with Crippen LogP contribution in [0.1, 0.15) is 25.3 Å². The number of benzene rings is 1. The van der Waals surface area contributed by atoms with Crippen LogP contribution in [0.3, 0.4) is 0 Å². The first-order chi connectivity index (χ1) is 8.58. The Kier molecular flexibility index (Phi) is 5.58. The van der Waals surface area contributed by atoms with Crippen molar-refractivity contribution in [2.45, 2.75) is 26.7 Å². The maximum Gasteiger partial charge on any atom is 0.271 e.